The number of esters is 1. The number of carbonyl (C=O) groups is 6. The molecule has 14 heteroatoms. The quantitative estimate of drug-likeness (QED) is 0.142. The van der Waals surface area contributed by atoms with E-state index < -0.39 is 78.4 Å². The molecule has 0 radical (unpaired) electrons. The lowest BCUT2D eigenvalue weighted by atomic mass is 9.50. The van der Waals surface area contributed by atoms with Gasteiger partial charge in [0.15, 0.2) is 0 Å². The minimum atomic E-state index is -1.47. The van der Waals surface area contributed by atoms with Crippen LogP contribution in [0.3, 0.4) is 0 Å². The fourth-order valence-corrected chi connectivity index (χ4v) is 7.36. The molecule has 14 nitrogen and oxygen atoms in total. The maximum absolute atomic E-state index is 14.1. The van der Waals surface area contributed by atoms with Gasteiger partial charge in [0.1, 0.15) is 36.8 Å². The van der Waals surface area contributed by atoms with Gasteiger partial charge >= 0.3 is 5.97 Å². The molecule has 7 N–H and O–H groups in total. The number of ether oxygens (including phenoxy) is 1. The van der Waals surface area contributed by atoms with E-state index in [0.717, 1.165) is 51.4 Å². The van der Waals surface area contributed by atoms with E-state index in [4.69, 9.17) is 10.5 Å². The number of cyclic esters (lactones) is 1. The van der Waals surface area contributed by atoms with Crippen molar-refractivity contribution in [2.24, 2.45) is 28.9 Å². The number of rotatable bonds is 10. The minimum Gasteiger partial charge on any atom is -0.460 e. The molecule has 3 rings (SSSR count). The fraction of sp³-hybridized carbons (Fsp3) is 0.829. The number of unbranched alkanes of at least 4 members (excludes halogenated alkanes) is 3. The topological polar surface area (TPSA) is 209 Å². The van der Waals surface area contributed by atoms with Crippen molar-refractivity contribution in [1.82, 2.24) is 26.2 Å². The van der Waals surface area contributed by atoms with E-state index in [1.807, 2.05) is 13.8 Å². The van der Waals surface area contributed by atoms with Crippen LogP contribution in [-0.4, -0.2) is 102 Å². The summed E-state index contributed by atoms with van der Waals surface area (Å²) in [5.41, 5.74) is 6.07. The van der Waals surface area contributed by atoms with Gasteiger partial charge in [-0.2, -0.15) is 0 Å². The second-order valence-electron chi connectivity index (χ2n) is 15.0. The first kappa shape index (κ1) is 40.2. The van der Waals surface area contributed by atoms with E-state index in [9.17, 15) is 33.9 Å². The summed E-state index contributed by atoms with van der Waals surface area (Å²) in [7, 11) is 1.55. The molecule has 0 aromatic rings. The summed E-state index contributed by atoms with van der Waals surface area (Å²) in [6.07, 6.45) is 6.85. The van der Waals surface area contributed by atoms with Crippen LogP contribution in [0.1, 0.15) is 105 Å². The van der Waals surface area contributed by atoms with E-state index >= 15 is 0 Å². The Morgan fingerprint density at radius 1 is 0.939 bits per heavy atom. The zero-order valence-corrected chi connectivity index (χ0v) is 30.2. The molecule has 5 amide bonds. The van der Waals surface area contributed by atoms with Gasteiger partial charge in [0.25, 0.3) is 0 Å². The average molecular weight is 693 g/mol. The standard InChI is InChI=1S/C35H60N6O8/c1-7-8-9-10-12-26-21(4)34(48)41(6)25(15-20(2)3)31(45)40-29(23-16-35(17-23)13-11-14-35)33(47)38-24(18-36)30(44)39-28(22(5)42)32(46)37-19-27(43)49-26/h20-26,28-29,42H,7-19,36H2,1-6H3,(H,37,46)(H,38,47)(H,39,44)(H,40,45)/t21-,22?,24+,25+,26-,28+,29+/m1/s1. The van der Waals surface area contributed by atoms with Gasteiger partial charge in [-0.3, -0.25) is 28.8 Å². The first-order valence-electron chi connectivity index (χ1n) is 18.2. The van der Waals surface area contributed by atoms with Gasteiger partial charge in [-0.15, -0.1) is 0 Å². The summed E-state index contributed by atoms with van der Waals surface area (Å²) in [5.74, 6) is -4.87. The van der Waals surface area contributed by atoms with Crippen LogP contribution in [0.5, 0.6) is 0 Å². The summed E-state index contributed by atoms with van der Waals surface area (Å²) in [4.78, 5) is 82.7. The molecule has 0 aromatic heterocycles. The van der Waals surface area contributed by atoms with Crippen LogP contribution in [0.2, 0.25) is 0 Å². The molecule has 3 fully saturated rings. The lowest BCUT2D eigenvalue weighted by molar-refractivity contribution is -0.158. The van der Waals surface area contributed by atoms with Crippen LogP contribution >= 0.6 is 0 Å². The molecule has 0 aromatic carbocycles. The molecule has 278 valence electrons. The van der Waals surface area contributed by atoms with Crippen LogP contribution < -0.4 is 27.0 Å². The molecule has 2 saturated carbocycles. The summed E-state index contributed by atoms with van der Waals surface area (Å²) in [6.45, 7) is 8.03. The molecular weight excluding hydrogens is 632 g/mol. The Morgan fingerprint density at radius 3 is 2.16 bits per heavy atom. The van der Waals surface area contributed by atoms with Gasteiger partial charge in [0.2, 0.25) is 29.5 Å². The smallest absolute Gasteiger partial charge is 0.325 e. The van der Waals surface area contributed by atoms with Crippen molar-refractivity contribution < 1.29 is 38.6 Å². The Bertz CT molecular complexity index is 1180. The largest absolute Gasteiger partial charge is 0.460 e. The third-order valence-electron chi connectivity index (χ3n) is 10.6. The molecular formula is C35H60N6O8. The number of aliphatic hydroxyl groups is 1. The van der Waals surface area contributed by atoms with Gasteiger partial charge in [0, 0.05) is 13.6 Å². The zero-order chi connectivity index (χ0) is 36.5. The normalized spacial score (nSPS) is 30.1. The van der Waals surface area contributed by atoms with E-state index in [-0.39, 0.29) is 29.7 Å². The Labute approximate surface area is 290 Å². The highest BCUT2D eigenvalue weighted by Crippen LogP contribution is 2.59. The second kappa shape index (κ2) is 18.1. The van der Waals surface area contributed by atoms with Crippen molar-refractivity contribution in [1.29, 1.82) is 0 Å². The van der Waals surface area contributed by atoms with Gasteiger partial charge in [-0.05, 0) is 69.1 Å². The molecule has 1 spiro atoms. The monoisotopic (exact) mass is 692 g/mol. The highest BCUT2D eigenvalue weighted by Gasteiger charge is 2.52. The zero-order valence-electron chi connectivity index (χ0n) is 30.2. The maximum Gasteiger partial charge on any atom is 0.325 e. The Morgan fingerprint density at radius 2 is 1.61 bits per heavy atom. The average Bonchev–Trinajstić information content (AvgIpc) is 3.01. The van der Waals surface area contributed by atoms with E-state index in [1.165, 1.54) is 11.8 Å². The van der Waals surface area contributed by atoms with Gasteiger partial charge < -0.3 is 41.7 Å². The number of nitrogens with zero attached hydrogens (tertiary/aromatic N) is 1. The van der Waals surface area contributed by atoms with Crippen molar-refractivity contribution in [3.05, 3.63) is 0 Å². The van der Waals surface area contributed by atoms with Crippen molar-refractivity contribution in [2.45, 2.75) is 142 Å². The van der Waals surface area contributed by atoms with E-state index in [0.29, 0.717) is 19.3 Å². The van der Waals surface area contributed by atoms with Crippen LogP contribution in [0.15, 0.2) is 0 Å². The van der Waals surface area contributed by atoms with Crippen LogP contribution in [0.4, 0.5) is 0 Å². The lowest BCUT2D eigenvalue weighted by Gasteiger charge is -2.56. The number of carbonyl (C=O) groups excluding carboxylic acids is 6. The molecule has 1 unspecified atom stereocenters. The van der Waals surface area contributed by atoms with Crippen LogP contribution in [0, 0.1) is 23.2 Å². The number of hydrogen-bond acceptors (Lipinski definition) is 9. The van der Waals surface area contributed by atoms with Crippen molar-refractivity contribution in [3.63, 3.8) is 0 Å². The van der Waals surface area contributed by atoms with Gasteiger partial charge in [0.05, 0.1) is 12.0 Å². The number of amides is 5. The number of likely N-dealkylation sites (N-methyl/N-ethyl adjacent to an activating group) is 1. The lowest BCUT2D eigenvalue weighted by Crippen LogP contribution is -2.64. The molecule has 49 heavy (non-hydrogen) atoms. The highest BCUT2D eigenvalue weighted by atomic mass is 16.5. The number of nitrogens with one attached hydrogen (secondary N) is 4. The Balaban J connectivity index is 1.99. The minimum absolute atomic E-state index is 0.0237. The summed E-state index contributed by atoms with van der Waals surface area (Å²) < 4.78 is 5.77. The molecule has 3 aliphatic rings. The Kier molecular flexibility index (Phi) is 14.9. The summed E-state index contributed by atoms with van der Waals surface area (Å²) >= 11 is 0. The first-order valence-corrected chi connectivity index (χ1v) is 18.2. The number of aliphatic hydroxyl groups excluding tert-OH is 1. The summed E-state index contributed by atoms with van der Waals surface area (Å²) in [5, 5.41) is 20.8. The predicted octanol–water partition coefficient (Wildman–Crippen LogP) is 0.882. The van der Waals surface area contributed by atoms with Gasteiger partial charge in [-0.1, -0.05) is 53.4 Å². The molecule has 1 saturated heterocycles. The van der Waals surface area contributed by atoms with Crippen LogP contribution in [0.25, 0.3) is 0 Å². The predicted molar refractivity (Wildman–Crippen MR) is 182 cm³/mol. The van der Waals surface area contributed by atoms with Crippen molar-refractivity contribution in [3.8, 4) is 0 Å². The summed E-state index contributed by atoms with van der Waals surface area (Å²) in [6, 6.07) is -4.65. The first-order chi connectivity index (χ1) is 23.1. The number of hydrogen-bond donors (Lipinski definition) is 6. The SMILES string of the molecule is CCCCCC[C@H]1OC(=O)CNC(=O)[C@H](C(C)O)NC(=O)[C@H](CN)NC(=O)[C@H](C2CC3(CCC3)C2)NC(=O)[C@H](CC(C)C)N(C)C(=O)[C@@H]1C. The number of nitrogens with two attached hydrogens (primary N) is 1. The second-order valence-corrected chi connectivity index (χ2v) is 15.0. The third-order valence-corrected chi connectivity index (χ3v) is 10.6. The third kappa shape index (κ3) is 10.6. The van der Waals surface area contributed by atoms with E-state index in [1.54, 1.807) is 14.0 Å². The van der Waals surface area contributed by atoms with Crippen molar-refractivity contribution in [2.75, 3.05) is 20.1 Å². The van der Waals surface area contributed by atoms with Gasteiger partial charge in [-0.25, -0.2) is 0 Å². The van der Waals surface area contributed by atoms with Crippen LogP contribution in [-0.2, 0) is 33.5 Å². The van der Waals surface area contributed by atoms with E-state index in [2.05, 4.69) is 28.2 Å². The molecule has 7 atom stereocenters. The Hall–Kier alpha value is -3.26. The molecule has 1 aliphatic heterocycles. The maximum atomic E-state index is 14.1. The van der Waals surface area contributed by atoms with Crippen molar-refractivity contribution >= 4 is 35.5 Å². The molecule has 0 bridgehead atoms. The highest BCUT2D eigenvalue weighted by molar-refractivity contribution is 5.96. The molecule has 2 aliphatic carbocycles. The molecule has 1 heterocycles. The fourth-order valence-electron chi connectivity index (χ4n) is 7.36.